The molecule has 0 radical (unpaired) electrons. The average Bonchev–Trinajstić information content (AvgIpc) is 3.39. The molecule has 5 rings (SSSR count). The second kappa shape index (κ2) is 15.6. The molecule has 3 aliphatic heterocycles. The van der Waals surface area contributed by atoms with E-state index in [0.717, 1.165) is 56.9 Å². The molecule has 1 amide bonds. The van der Waals surface area contributed by atoms with Crippen LogP contribution in [0.5, 0.6) is 0 Å². The van der Waals surface area contributed by atoms with Gasteiger partial charge in [0.1, 0.15) is 0 Å². The van der Waals surface area contributed by atoms with Gasteiger partial charge in [-0.05, 0) is 108 Å². The van der Waals surface area contributed by atoms with Gasteiger partial charge in [-0.1, -0.05) is 30.2 Å². The molecule has 2 bridgehead atoms. The molecule has 3 heterocycles. The molecule has 4 aliphatic rings. The Labute approximate surface area is 279 Å². The zero-order chi connectivity index (χ0) is 32.9. The van der Waals surface area contributed by atoms with Crippen LogP contribution in [0, 0.1) is 11.8 Å². The zero-order valence-corrected chi connectivity index (χ0v) is 29.0. The number of carbonyl (C=O) groups is 2. The molecule has 258 valence electrons. The Balaban J connectivity index is 1.31. The van der Waals surface area contributed by atoms with Gasteiger partial charge in [-0.3, -0.25) is 9.59 Å². The smallest absolute Gasteiger partial charge is 0.303 e. The van der Waals surface area contributed by atoms with Crippen LogP contribution in [0.2, 0.25) is 5.02 Å². The number of amides is 1. The largest absolute Gasteiger partial charge is 0.481 e. The van der Waals surface area contributed by atoms with Crippen LogP contribution in [0.25, 0.3) is 0 Å². The molecule has 10 nitrogen and oxygen atoms in total. The summed E-state index contributed by atoms with van der Waals surface area (Å²) in [6.07, 6.45) is 8.23. The Hall–Kier alpha value is -1.76. The van der Waals surface area contributed by atoms with Crippen LogP contribution in [0.15, 0.2) is 24.3 Å². The number of aliphatic carboxylic acids is 1. The number of hydrogen-bond acceptors (Lipinski definition) is 7. The number of halogens is 1. The number of carboxylic acids is 1. The van der Waals surface area contributed by atoms with E-state index in [4.69, 9.17) is 16.3 Å². The van der Waals surface area contributed by atoms with Gasteiger partial charge in [0.15, 0.2) is 0 Å². The molecule has 1 aliphatic carbocycles. The van der Waals surface area contributed by atoms with Crippen LogP contribution in [0.3, 0.4) is 0 Å². The Morgan fingerprint density at radius 1 is 1.13 bits per heavy atom. The van der Waals surface area contributed by atoms with E-state index < -0.39 is 22.0 Å². The maximum atomic E-state index is 14.4. The number of sulfonamides is 1. The summed E-state index contributed by atoms with van der Waals surface area (Å²) in [5, 5.41) is 20.4. The third-order valence-corrected chi connectivity index (χ3v) is 12.9. The lowest BCUT2D eigenvalue weighted by atomic mass is 9.73. The summed E-state index contributed by atoms with van der Waals surface area (Å²) in [7, 11) is -3.24. The highest BCUT2D eigenvalue weighted by Crippen LogP contribution is 2.41. The van der Waals surface area contributed by atoms with E-state index in [9.17, 15) is 23.1 Å². The second-order valence-electron chi connectivity index (χ2n) is 14.5. The van der Waals surface area contributed by atoms with E-state index in [2.05, 4.69) is 29.8 Å². The van der Waals surface area contributed by atoms with Gasteiger partial charge < -0.3 is 25.8 Å². The molecule has 12 heteroatoms. The first kappa shape index (κ1) is 35.5. The first-order chi connectivity index (χ1) is 21.9. The van der Waals surface area contributed by atoms with Crippen LogP contribution >= 0.6 is 11.6 Å². The summed E-state index contributed by atoms with van der Waals surface area (Å²) >= 11 is 6.28. The fourth-order valence-electron chi connectivity index (χ4n) is 8.38. The van der Waals surface area contributed by atoms with Gasteiger partial charge in [-0.25, -0.2) is 8.42 Å². The summed E-state index contributed by atoms with van der Waals surface area (Å²) in [4.78, 5) is 25.6. The minimum Gasteiger partial charge on any atom is -0.481 e. The van der Waals surface area contributed by atoms with Crippen molar-refractivity contribution in [2.45, 2.75) is 120 Å². The summed E-state index contributed by atoms with van der Waals surface area (Å²) in [5.41, 5.74) is 0.714. The van der Waals surface area contributed by atoms with Gasteiger partial charge >= 0.3 is 5.97 Å². The molecular weight excluding hydrogens is 628 g/mol. The van der Waals surface area contributed by atoms with Crippen molar-refractivity contribution in [2.75, 3.05) is 32.0 Å². The van der Waals surface area contributed by atoms with Crippen LogP contribution in [-0.4, -0.2) is 91.5 Å². The quantitative estimate of drug-likeness (QED) is 0.227. The van der Waals surface area contributed by atoms with E-state index >= 15 is 0 Å². The van der Waals surface area contributed by atoms with E-state index in [1.807, 2.05) is 24.3 Å². The first-order valence-corrected chi connectivity index (χ1v) is 19.3. The van der Waals surface area contributed by atoms with E-state index in [1.54, 1.807) is 4.31 Å². The number of carbonyl (C=O) groups excluding carboxylic acids is 1. The van der Waals surface area contributed by atoms with Crippen LogP contribution in [-0.2, 0) is 24.3 Å². The summed E-state index contributed by atoms with van der Waals surface area (Å²) in [6.45, 7) is 6.45. The minimum atomic E-state index is -3.24. The standard InChI is InChI=1S/C34H53ClN4O6S/c1-34(2)20-25(16-18-45-34)31(24-10-13-26(35)14-11-24)32(36-17-4-9-30(40)41)33(42)38-29-8-3-6-23(29)12-15-28-21-37-27-7-5-19-46(43,44)39(28)22-27/h10-11,13-14,23,25,27-29,31-32,36-37H,3-9,12,15-22H2,1-2H3,(H,38,42)(H,40,41)/t23-,25?,27-,28+,29+,31+,32+/m1/s1. The SMILES string of the molecule is CC1(C)CC([C@H](c2ccc(Cl)cc2)[C@H](NCCCC(=O)O)C(=O)N[C@H]2CCC[C@@H]2CC[C@H]2CN[C@@H]3CCCS(=O)(=O)N2C3)CCO1. The van der Waals surface area contributed by atoms with E-state index in [0.29, 0.717) is 44.1 Å². The van der Waals surface area contributed by atoms with Crippen molar-refractivity contribution in [3.05, 3.63) is 34.9 Å². The monoisotopic (exact) mass is 680 g/mol. The molecule has 1 aromatic carbocycles. The number of rotatable bonds is 13. The van der Waals surface area contributed by atoms with Gasteiger partial charge in [0.05, 0.1) is 17.4 Å². The third kappa shape index (κ3) is 9.23. The highest BCUT2D eigenvalue weighted by molar-refractivity contribution is 7.89. The topological polar surface area (TPSA) is 137 Å². The number of piperazine rings is 1. The second-order valence-corrected chi connectivity index (χ2v) is 17.0. The fraction of sp³-hybridized carbons (Fsp3) is 0.765. The number of hydrogen-bond donors (Lipinski definition) is 4. The number of nitrogens with zero attached hydrogens (tertiary/aromatic N) is 1. The summed E-state index contributed by atoms with van der Waals surface area (Å²) in [6, 6.07) is 7.39. The molecule has 4 N–H and O–H groups in total. The molecule has 2 unspecified atom stereocenters. The Morgan fingerprint density at radius 2 is 1.91 bits per heavy atom. The lowest BCUT2D eigenvalue weighted by Crippen LogP contribution is -2.57. The van der Waals surface area contributed by atoms with Gasteiger partial charge in [-0.2, -0.15) is 4.31 Å². The zero-order valence-electron chi connectivity index (χ0n) is 27.4. The Bertz CT molecular complexity index is 1290. The van der Waals surface area contributed by atoms with Crippen LogP contribution in [0.4, 0.5) is 0 Å². The molecule has 8 atom stereocenters. The van der Waals surface area contributed by atoms with Crippen molar-refractivity contribution in [3.63, 3.8) is 0 Å². The molecule has 3 saturated heterocycles. The first-order valence-electron chi connectivity index (χ1n) is 17.3. The molecule has 1 aromatic rings. The predicted octanol–water partition coefficient (Wildman–Crippen LogP) is 4.28. The van der Waals surface area contributed by atoms with Crippen molar-refractivity contribution < 1.29 is 27.9 Å². The minimum absolute atomic E-state index is 0.0119. The maximum Gasteiger partial charge on any atom is 0.303 e. The van der Waals surface area contributed by atoms with Gasteiger partial charge in [0.2, 0.25) is 15.9 Å². The Kier molecular flexibility index (Phi) is 12.1. The molecule has 0 spiro atoms. The van der Waals surface area contributed by atoms with Crippen LogP contribution in [0.1, 0.15) is 96.0 Å². The lowest BCUT2D eigenvalue weighted by molar-refractivity contribution is -0.137. The van der Waals surface area contributed by atoms with Gasteiger partial charge in [-0.15, -0.1) is 0 Å². The number of carboxylic acid groups (broad SMARTS) is 1. The van der Waals surface area contributed by atoms with E-state index in [-0.39, 0.29) is 59.6 Å². The normalized spacial score (nSPS) is 31.8. The molecule has 1 saturated carbocycles. The predicted molar refractivity (Wildman–Crippen MR) is 179 cm³/mol. The van der Waals surface area contributed by atoms with Crippen molar-refractivity contribution in [1.82, 2.24) is 20.3 Å². The molecule has 0 aromatic heterocycles. The van der Waals surface area contributed by atoms with Crippen molar-refractivity contribution >= 4 is 33.5 Å². The average molecular weight is 681 g/mol. The van der Waals surface area contributed by atoms with Crippen molar-refractivity contribution in [1.29, 1.82) is 0 Å². The highest BCUT2D eigenvalue weighted by atomic mass is 35.5. The van der Waals surface area contributed by atoms with Crippen molar-refractivity contribution in [3.8, 4) is 0 Å². The fourth-order valence-corrected chi connectivity index (χ4v) is 10.3. The number of ether oxygens (including phenoxy) is 1. The van der Waals surface area contributed by atoms with E-state index in [1.165, 1.54) is 0 Å². The number of benzene rings is 1. The number of nitrogens with one attached hydrogen (secondary N) is 3. The summed E-state index contributed by atoms with van der Waals surface area (Å²) < 4.78 is 33.8. The summed E-state index contributed by atoms with van der Waals surface area (Å²) in [5.74, 6) is -0.392. The van der Waals surface area contributed by atoms with Gasteiger partial charge in [0, 0.05) is 55.2 Å². The molecular formula is C34H53ClN4O6S. The van der Waals surface area contributed by atoms with Crippen molar-refractivity contribution in [2.24, 2.45) is 11.8 Å². The molecule has 46 heavy (non-hydrogen) atoms. The maximum absolute atomic E-state index is 14.4. The Morgan fingerprint density at radius 3 is 2.65 bits per heavy atom. The van der Waals surface area contributed by atoms with Gasteiger partial charge in [0.25, 0.3) is 0 Å². The highest BCUT2D eigenvalue weighted by Gasteiger charge is 2.42. The lowest BCUT2D eigenvalue weighted by Gasteiger charge is -2.42. The third-order valence-electron chi connectivity index (χ3n) is 10.7. The number of fused-ring (bicyclic) bond motifs is 2. The van der Waals surface area contributed by atoms with Crippen LogP contribution < -0.4 is 16.0 Å². The molecule has 4 fully saturated rings.